The van der Waals surface area contributed by atoms with Crippen molar-refractivity contribution in [2.45, 2.75) is 64.8 Å². The van der Waals surface area contributed by atoms with Gasteiger partial charge in [0.1, 0.15) is 11.8 Å². The Morgan fingerprint density at radius 2 is 1.45 bits per heavy atom. The predicted octanol–water partition coefficient (Wildman–Crippen LogP) is 6.24. The number of carboxylic acid groups (broad SMARTS) is 1. The van der Waals surface area contributed by atoms with E-state index in [-0.39, 0.29) is 30.7 Å². The molecular formula is C39H46N4O6. The number of benzene rings is 3. The highest BCUT2D eigenvalue weighted by atomic mass is 16.5. The molecule has 0 aliphatic rings. The lowest BCUT2D eigenvalue weighted by Gasteiger charge is -2.20. The van der Waals surface area contributed by atoms with Crippen LogP contribution in [0.3, 0.4) is 0 Å². The number of nitrogens with one attached hydrogen (secondary N) is 2. The molecule has 4 rings (SSSR count). The van der Waals surface area contributed by atoms with Crippen molar-refractivity contribution in [1.29, 1.82) is 0 Å². The van der Waals surface area contributed by atoms with Crippen molar-refractivity contribution in [3.05, 3.63) is 102 Å². The summed E-state index contributed by atoms with van der Waals surface area (Å²) in [6.07, 6.45) is 5.45. The van der Waals surface area contributed by atoms with Gasteiger partial charge in [-0.25, -0.2) is 9.97 Å². The molecule has 0 bridgehead atoms. The average molecular weight is 667 g/mol. The number of carbonyl (C=O) groups excluding carboxylic acids is 2. The summed E-state index contributed by atoms with van der Waals surface area (Å²) in [5, 5.41) is 14.5. The third kappa shape index (κ3) is 11.5. The third-order valence-corrected chi connectivity index (χ3v) is 7.92. The topological polar surface area (TPSA) is 140 Å². The summed E-state index contributed by atoms with van der Waals surface area (Å²) in [5.74, 6) is -0.502. The summed E-state index contributed by atoms with van der Waals surface area (Å²) in [6, 6.07) is 21.7. The predicted molar refractivity (Wildman–Crippen MR) is 189 cm³/mol. The number of hydrogen-bond acceptors (Lipinski definition) is 7. The van der Waals surface area contributed by atoms with Crippen LogP contribution in [0.5, 0.6) is 5.75 Å². The summed E-state index contributed by atoms with van der Waals surface area (Å²) < 4.78 is 11.2. The SMILES string of the molecule is CCOCCCCOc1ccc(-c2cnc(-c3ccc(C[C@H](NC(=O)c4ccc(C(C)(C)C)cc4)C(=O)NCCC(=O)O)cc3)nc2)cc1. The second-order valence-corrected chi connectivity index (χ2v) is 12.8. The largest absolute Gasteiger partial charge is 0.494 e. The fraction of sp³-hybridized carbons (Fsp3) is 0.359. The molecule has 0 unspecified atom stereocenters. The molecule has 0 fully saturated rings. The molecule has 10 nitrogen and oxygen atoms in total. The quantitative estimate of drug-likeness (QED) is 0.113. The zero-order valence-electron chi connectivity index (χ0n) is 28.7. The van der Waals surface area contributed by atoms with Crippen LogP contribution in [0.2, 0.25) is 0 Å². The van der Waals surface area contributed by atoms with Crippen molar-refractivity contribution >= 4 is 17.8 Å². The van der Waals surface area contributed by atoms with Crippen molar-refractivity contribution in [1.82, 2.24) is 20.6 Å². The Hall–Kier alpha value is -5.09. The smallest absolute Gasteiger partial charge is 0.305 e. The van der Waals surface area contributed by atoms with Gasteiger partial charge in [-0.2, -0.15) is 0 Å². The van der Waals surface area contributed by atoms with Gasteiger partial charge >= 0.3 is 5.97 Å². The van der Waals surface area contributed by atoms with Gasteiger partial charge in [-0.1, -0.05) is 69.3 Å². The van der Waals surface area contributed by atoms with Crippen LogP contribution in [0.25, 0.3) is 22.5 Å². The summed E-state index contributed by atoms with van der Waals surface area (Å²) in [4.78, 5) is 46.3. The average Bonchev–Trinajstić information content (AvgIpc) is 3.09. The first kappa shape index (κ1) is 36.7. The van der Waals surface area contributed by atoms with Gasteiger partial charge in [0.2, 0.25) is 5.91 Å². The number of unbranched alkanes of at least 4 members (excludes halogenated alkanes) is 1. The number of carbonyl (C=O) groups is 3. The molecule has 0 spiro atoms. The van der Waals surface area contributed by atoms with Crippen LogP contribution in [0.4, 0.5) is 0 Å². The molecule has 1 heterocycles. The van der Waals surface area contributed by atoms with E-state index in [1.807, 2.05) is 67.6 Å². The lowest BCUT2D eigenvalue weighted by atomic mass is 9.86. The van der Waals surface area contributed by atoms with E-state index < -0.39 is 17.9 Å². The van der Waals surface area contributed by atoms with Crippen LogP contribution < -0.4 is 15.4 Å². The monoisotopic (exact) mass is 666 g/mol. The molecule has 0 saturated carbocycles. The Bertz CT molecular complexity index is 1650. The highest BCUT2D eigenvalue weighted by molar-refractivity contribution is 5.97. The van der Waals surface area contributed by atoms with E-state index in [2.05, 4.69) is 41.4 Å². The summed E-state index contributed by atoms with van der Waals surface area (Å²) in [5.41, 5.74) is 4.92. The fourth-order valence-corrected chi connectivity index (χ4v) is 5.02. The zero-order chi connectivity index (χ0) is 35.2. The third-order valence-electron chi connectivity index (χ3n) is 7.92. The van der Waals surface area contributed by atoms with Gasteiger partial charge < -0.3 is 25.2 Å². The maximum Gasteiger partial charge on any atom is 0.305 e. The highest BCUT2D eigenvalue weighted by Crippen LogP contribution is 2.24. The van der Waals surface area contributed by atoms with Gasteiger partial charge in [0.05, 0.1) is 13.0 Å². The van der Waals surface area contributed by atoms with Crippen LogP contribution in [0.1, 0.15) is 68.4 Å². The number of carboxylic acids is 1. The van der Waals surface area contributed by atoms with Crippen LogP contribution in [-0.4, -0.2) is 65.3 Å². The van der Waals surface area contributed by atoms with Crippen molar-refractivity contribution in [3.63, 3.8) is 0 Å². The number of nitrogens with zero attached hydrogens (tertiary/aromatic N) is 2. The number of hydrogen-bond donors (Lipinski definition) is 3. The van der Waals surface area contributed by atoms with Crippen LogP contribution in [0, 0.1) is 0 Å². The molecular weight excluding hydrogens is 620 g/mol. The second kappa shape index (κ2) is 17.9. The molecule has 0 aliphatic heterocycles. The van der Waals surface area contributed by atoms with Gasteiger partial charge in [0, 0.05) is 55.3 Å². The van der Waals surface area contributed by atoms with E-state index in [1.165, 1.54) is 0 Å². The van der Waals surface area contributed by atoms with E-state index in [0.29, 0.717) is 18.0 Å². The minimum absolute atomic E-state index is 0.0413. The lowest BCUT2D eigenvalue weighted by Crippen LogP contribution is -2.48. The minimum Gasteiger partial charge on any atom is -0.494 e. The number of aromatic nitrogens is 2. The van der Waals surface area contributed by atoms with E-state index in [1.54, 1.807) is 24.5 Å². The van der Waals surface area contributed by atoms with Gasteiger partial charge in [-0.15, -0.1) is 0 Å². The molecule has 4 aromatic rings. The fourth-order valence-electron chi connectivity index (χ4n) is 5.02. The maximum atomic E-state index is 13.1. The van der Waals surface area contributed by atoms with Crippen molar-refractivity contribution in [2.75, 3.05) is 26.4 Å². The number of rotatable bonds is 17. The van der Waals surface area contributed by atoms with Crippen molar-refractivity contribution < 1.29 is 29.0 Å². The van der Waals surface area contributed by atoms with Crippen LogP contribution >= 0.6 is 0 Å². The van der Waals surface area contributed by atoms with Gasteiger partial charge in [-0.3, -0.25) is 14.4 Å². The Kier molecular flexibility index (Phi) is 13.4. The molecule has 49 heavy (non-hydrogen) atoms. The lowest BCUT2D eigenvalue weighted by molar-refractivity contribution is -0.137. The van der Waals surface area contributed by atoms with Crippen molar-refractivity contribution in [2.24, 2.45) is 0 Å². The van der Waals surface area contributed by atoms with E-state index in [4.69, 9.17) is 14.6 Å². The van der Waals surface area contributed by atoms with Crippen LogP contribution in [-0.2, 0) is 26.2 Å². The first-order valence-electron chi connectivity index (χ1n) is 16.7. The summed E-state index contributed by atoms with van der Waals surface area (Å²) in [7, 11) is 0. The Morgan fingerprint density at radius 3 is 2.06 bits per heavy atom. The molecule has 0 aliphatic carbocycles. The minimum atomic E-state index is -1.02. The van der Waals surface area contributed by atoms with Crippen molar-refractivity contribution in [3.8, 4) is 28.3 Å². The molecule has 258 valence electrons. The molecule has 3 N–H and O–H groups in total. The molecule has 1 atom stereocenters. The molecule has 0 saturated heterocycles. The van der Waals surface area contributed by atoms with E-state index >= 15 is 0 Å². The van der Waals surface area contributed by atoms with E-state index in [0.717, 1.165) is 59.6 Å². The molecule has 0 radical (unpaired) electrons. The zero-order valence-corrected chi connectivity index (χ0v) is 28.7. The number of amides is 2. The van der Waals surface area contributed by atoms with Gasteiger partial charge in [-0.05, 0) is 66.1 Å². The molecule has 3 aromatic carbocycles. The maximum absolute atomic E-state index is 13.1. The van der Waals surface area contributed by atoms with Gasteiger partial charge in [0.15, 0.2) is 5.82 Å². The summed E-state index contributed by atoms with van der Waals surface area (Å²) >= 11 is 0. The normalized spacial score (nSPS) is 11.8. The van der Waals surface area contributed by atoms with E-state index in [9.17, 15) is 14.4 Å². The molecule has 1 aromatic heterocycles. The number of aliphatic carboxylic acids is 1. The van der Waals surface area contributed by atoms with Gasteiger partial charge in [0.25, 0.3) is 5.91 Å². The summed E-state index contributed by atoms with van der Waals surface area (Å²) in [6.45, 7) is 10.4. The second-order valence-electron chi connectivity index (χ2n) is 12.8. The Morgan fingerprint density at radius 1 is 0.816 bits per heavy atom. The molecule has 10 heteroatoms. The Labute approximate surface area is 288 Å². The first-order chi connectivity index (χ1) is 23.5. The van der Waals surface area contributed by atoms with Crippen LogP contribution in [0.15, 0.2) is 85.2 Å². The molecule has 2 amide bonds. The standard InChI is InChI=1S/C39H46N4O6/c1-5-48-22-6-7-23-49-33-18-14-28(15-19-33)31-25-41-36(42-26-31)29-10-8-27(9-11-29)24-34(38(47)40-21-20-35(44)45)43-37(46)30-12-16-32(17-13-30)39(2,3)4/h8-19,25-26,34H,5-7,20-24H2,1-4H3,(H,40,47)(H,43,46)(H,44,45)/t34-/m0/s1. The Balaban J connectivity index is 1.38. The number of ether oxygens (including phenoxy) is 2. The highest BCUT2D eigenvalue weighted by Gasteiger charge is 2.23. The first-order valence-corrected chi connectivity index (χ1v) is 16.7.